The van der Waals surface area contributed by atoms with Crippen molar-refractivity contribution in [2.45, 2.75) is 6.04 Å². The van der Waals surface area contributed by atoms with Gasteiger partial charge in [0.05, 0.1) is 6.54 Å². The summed E-state index contributed by atoms with van der Waals surface area (Å²) in [5.41, 5.74) is 0. The van der Waals surface area contributed by atoms with Crippen LogP contribution >= 0.6 is 0 Å². The van der Waals surface area contributed by atoms with Crippen LogP contribution < -0.4 is 0 Å². The summed E-state index contributed by atoms with van der Waals surface area (Å²) in [6.07, 6.45) is 0. The molecule has 0 amide bonds. The number of nitrogens with zero attached hydrogens (tertiary/aromatic N) is 1. The normalized spacial score (nSPS) is 8.00. The van der Waals surface area contributed by atoms with Crippen molar-refractivity contribution < 1.29 is 0 Å². The van der Waals surface area contributed by atoms with E-state index in [-0.39, 0.29) is 0 Å². The molecule has 0 atom stereocenters. The van der Waals surface area contributed by atoms with E-state index >= 15 is 0 Å². The Morgan fingerprint density at radius 1 is 1.80 bits per heavy atom. The zero-order valence-corrected chi connectivity index (χ0v) is 5.27. The Kier molecular flexibility index (Phi) is 3.68. The van der Waals surface area contributed by atoms with Crippen LogP contribution in [0.2, 0.25) is 6.04 Å². The summed E-state index contributed by atoms with van der Waals surface area (Å²) in [5.74, 6) is 0. The van der Waals surface area contributed by atoms with E-state index in [4.69, 9.17) is 0 Å². The molecule has 0 bridgehead atoms. The van der Waals surface area contributed by atoms with Gasteiger partial charge in [0.15, 0.2) is 0 Å². The first kappa shape index (κ1) is 4.82. The molecule has 0 aliphatic carbocycles. The maximum absolute atomic E-state index is 9.18. The molecular weight excluding hydrogens is 82.1 g/mol. The van der Waals surface area contributed by atoms with Crippen LogP contribution in [0.3, 0.4) is 0 Å². The third-order valence-electron chi connectivity index (χ3n) is 0.315. The summed E-state index contributed by atoms with van der Waals surface area (Å²) < 4.78 is 0. The molecule has 0 aromatic heterocycles. The van der Waals surface area contributed by atoms with E-state index in [0.717, 1.165) is 16.3 Å². The lowest BCUT2D eigenvalue weighted by atomic mass is 10.8. The first-order chi connectivity index (χ1) is 2.41. The fourth-order valence-electron chi connectivity index (χ4n) is 0.0913. The van der Waals surface area contributed by atoms with Gasteiger partial charge >= 0.3 is 0 Å². The van der Waals surface area contributed by atoms with Crippen LogP contribution in [-0.2, 0) is 0 Å². The Hall–Kier alpha value is -0.183. The average molecular weight is 89.2 g/mol. The second kappa shape index (κ2) is 3.82. The van der Waals surface area contributed by atoms with Crippen LogP contribution in [0.4, 0.5) is 0 Å². The lowest BCUT2D eigenvalue weighted by Gasteiger charge is -1.67. The van der Waals surface area contributed by atoms with Crippen molar-refractivity contribution in [3.63, 3.8) is 0 Å². The van der Waals surface area contributed by atoms with Crippen molar-refractivity contribution in [2.24, 2.45) is 5.18 Å². The van der Waals surface area contributed by atoms with Gasteiger partial charge in [0.2, 0.25) is 0 Å². The molecule has 0 fully saturated rings. The topological polar surface area (TPSA) is 29.4 Å². The number of hydrogen-bond acceptors (Lipinski definition) is 2. The SMILES string of the molecule is O=NCC[SiH3]. The van der Waals surface area contributed by atoms with Crippen molar-refractivity contribution in [2.75, 3.05) is 6.54 Å². The molecule has 0 saturated heterocycles. The van der Waals surface area contributed by atoms with Crippen LogP contribution in [0, 0.1) is 4.91 Å². The fourth-order valence-corrected chi connectivity index (χ4v) is 0.274. The van der Waals surface area contributed by atoms with Crippen LogP contribution in [0.25, 0.3) is 0 Å². The van der Waals surface area contributed by atoms with Gasteiger partial charge in [-0.3, -0.25) is 0 Å². The lowest BCUT2D eigenvalue weighted by Crippen LogP contribution is -1.70. The molecule has 0 aromatic rings. The minimum absolute atomic E-state index is 0.520. The van der Waals surface area contributed by atoms with Gasteiger partial charge < -0.3 is 0 Å². The predicted octanol–water partition coefficient (Wildman–Crippen LogP) is -0.463. The number of nitroso groups, excluding NO2 is 1. The molecule has 0 heterocycles. The summed E-state index contributed by atoms with van der Waals surface area (Å²) >= 11 is 0. The van der Waals surface area contributed by atoms with Crippen molar-refractivity contribution in [1.82, 2.24) is 0 Å². The summed E-state index contributed by atoms with van der Waals surface area (Å²) in [4.78, 5) is 9.18. The summed E-state index contributed by atoms with van der Waals surface area (Å²) in [5, 5.41) is 2.64. The monoisotopic (exact) mass is 89.0 g/mol. The standard InChI is InChI=1S/C2H7NOSi/c4-3-1-2-5/h1-2H2,5H3. The highest BCUT2D eigenvalue weighted by Crippen LogP contribution is 1.67. The minimum atomic E-state index is 0.520. The molecule has 0 unspecified atom stereocenters. The molecule has 0 aliphatic heterocycles. The molecule has 30 valence electrons. The smallest absolute Gasteiger partial charge is 0.0780 e. The highest BCUT2D eigenvalue weighted by Gasteiger charge is 1.67. The van der Waals surface area contributed by atoms with Crippen molar-refractivity contribution in [1.29, 1.82) is 0 Å². The highest BCUT2D eigenvalue weighted by molar-refractivity contribution is 6.08. The van der Waals surface area contributed by atoms with Gasteiger partial charge in [0, 0.05) is 10.2 Å². The largest absolute Gasteiger partial charge is 0.151 e. The van der Waals surface area contributed by atoms with E-state index in [9.17, 15) is 4.91 Å². The van der Waals surface area contributed by atoms with E-state index in [1.807, 2.05) is 0 Å². The number of hydrogen-bond donors (Lipinski definition) is 0. The zero-order valence-electron chi connectivity index (χ0n) is 3.27. The van der Waals surface area contributed by atoms with Gasteiger partial charge in [0.25, 0.3) is 0 Å². The van der Waals surface area contributed by atoms with Crippen LogP contribution in [0.1, 0.15) is 0 Å². The summed E-state index contributed by atoms with van der Waals surface area (Å²) in [6, 6.07) is 1.00. The van der Waals surface area contributed by atoms with Gasteiger partial charge in [-0.25, -0.2) is 0 Å². The van der Waals surface area contributed by atoms with Gasteiger partial charge in [-0.05, 0) is 6.04 Å². The van der Waals surface area contributed by atoms with Gasteiger partial charge in [0.1, 0.15) is 0 Å². The van der Waals surface area contributed by atoms with Gasteiger partial charge in [-0.1, -0.05) is 5.18 Å². The lowest BCUT2D eigenvalue weighted by molar-refractivity contribution is 1.11. The third kappa shape index (κ3) is 3.82. The number of rotatable bonds is 2. The fraction of sp³-hybridized carbons (Fsp3) is 1.00. The second-order valence-corrected chi connectivity index (χ2v) is 1.85. The molecule has 0 aliphatic rings. The Labute approximate surface area is 34.0 Å². The van der Waals surface area contributed by atoms with E-state index < -0.39 is 0 Å². The molecule has 5 heavy (non-hydrogen) atoms. The molecule has 0 N–H and O–H groups in total. The Bertz CT molecular complexity index is 30.8. The summed E-state index contributed by atoms with van der Waals surface area (Å²) in [7, 11) is 1.10. The van der Waals surface area contributed by atoms with Crippen LogP contribution in [0.15, 0.2) is 5.18 Å². The molecule has 2 nitrogen and oxygen atoms in total. The second-order valence-electron chi connectivity index (χ2n) is 0.853. The van der Waals surface area contributed by atoms with Crippen molar-refractivity contribution in [3.8, 4) is 0 Å². The van der Waals surface area contributed by atoms with Gasteiger partial charge in [-0.15, -0.1) is 0 Å². The quantitative estimate of drug-likeness (QED) is 0.332. The molecule has 0 spiro atoms. The maximum atomic E-state index is 9.18. The predicted molar refractivity (Wildman–Crippen MR) is 25.4 cm³/mol. The minimum Gasteiger partial charge on any atom is -0.151 e. The summed E-state index contributed by atoms with van der Waals surface area (Å²) in [6.45, 7) is 0.520. The Morgan fingerprint density at radius 3 is 2.40 bits per heavy atom. The van der Waals surface area contributed by atoms with Gasteiger partial charge in [-0.2, -0.15) is 4.91 Å². The van der Waals surface area contributed by atoms with E-state index in [0.29, 0.717) is 6.54 Å². The van der Waals surface area contributed by atoms with E-state index in [1.165, 1.54) is 0 Å². The molecule has 0 saturated carbocycles. The first-order valence-electron chi connectivity index (χ1n) is 1.71. The van der Waals surface area contributed by atoms with Crippen LogP contribution in [0.5, 0.6) is 0 Å². The highest BCUT2D eigenvalue weighted by atomic mass is 28.1. The van der Waals surface area contributed by atoms with E-state index in [2.05, 4.69) is 5.18 Å². The zero-order chi connectivity index (χ0) is 4.12. The third-order valence-corrected chi connectivity index (χ3v) is 0.762. The van der Waals surface area contributed by atoms with E-state index in [1.54, 1.807) is 0 Å². The molecule has 3 heteroatoms. The first-order valence-corrected chi connectivity index (χ1v) is 3.12. The molecule has 0 radical (unpaired) electrons. The Balaban J connectivity index is 2.40. The molecule has 0 aromatic carbocycles. The van der Waals surface area contributed by atoms with Crippen LogP contribution in [-0.4, -0.2) is 16.8 Å². The average Bonchev–Trinajstić information content (AvgIpc) is 1.41. The van der Waals surface area contributed by atoms with Crippen molar-refractivity contribution in [3.05, 3.63) is 4.91 Å². The van der Waals surface area contributed by atoms with Crippen molar-refractivity contribution >= 4 is 10.2 Å². The molecular formula is C2H7NOSi. The molecule has 0 rings (SSSR count). The Morgan fingerprint density at radius 2 is 2.40 bits per heavy atom. The maximum Gasteiger partial charge on any atom is 0.0780 e.